The normalized spacial score (nSPS) is 21.4. The second kappa shape index (κ2) is 5.50. The van der Waals surface area contributed by atoms with E-state index >= 15 is 0 Å². The fraction of sp³-hybridized carbons (Fsp3) is 0.333. The number of ether oxygens (including phenoxy) is 1. The van der Waals surface area contributed by atoms with Gasteiger partial charge in [-0.3, -0.25) is 4.79 Å². The van der Waals surface area contributed by atoms with E-state index in [9.17, 15) is 9.59 Å². The van der Waals surface area contributed by atoms with Crippen molar-refractivity contribution in [2.24, 2.45) is 0 Å². The molecule has 1 atom stereocenters. The first-order valence-corrected chi connectivity index (χ1v) is 7.22. The number of benzene rings is 1. The predicted octanol–water partition coefficient (Wildman–Crippen LogP) is 2.29. The first-order chi connectivity index (χ1) is 10.1. The Morgan fingerprint density at radius 1 is 1.48 bits per heavy atom. The van der Waals surface area contributed by atoms with Crippen LogP contribution in [0, 0.1) is 0 Å². The lowest BCUT2D eigenvalue weighted by Crippen LogP contribution is -2.33. The number of hydrogen-bond donors (Lipinski definition) is 0. The van der Waals surface area contributed by atoms with Crippen LogP contribution in [-0.4, -0.2) is 35.0 Å². The number of hydrazine groups is 1. The first-order valence-electron chi connectivity index (χ1n) is 6.84. The topological polar surface area (TPSA) is 49.9 Å². The molecule has 1 amide bonds. The molecule has 0 unspecified atom stereocenters. The van der Waals surface area contributed by atoms with Crippen LogP contribution in [0.15, 0.2) is 36.0 Å². The summed E-state index contributed by atoms with van der Waals surface area (Å²) in [6.45, 7) is 2.64. The highest BCUT2D eigenvalue weighted by Gasteiger charge is 2.44. The van der Waals surface area contributed by atoms with Crippen molar-refractivity contribution in [2.75, 3.05) is 13.2 Å². The third-order valence-corrected chi connectivity index (χ3v) is 3.85. The standard InChI is InChI=1S/C15H15ClN2O3/c1-2-21-15(20)12-9-18-13(19)6-7-17(18)14(12)10-4-3-5-11(16)8-10/h3-5,8-9,14H,2,6-7H2,1H3/t14-/m1/s1. The van der Waals surface area contributed by atoms with Crippen molar-refractivity contribution >= 4 is 23.5 Å². The molecule has 1 saturated heterocycles. The van der Waals surface area contributed by atoms with E-state index in [0.717, 1.165) is 5.56 Å². The van der Waals surface area contributed by atoms with Crippen LogP contribution in [0.3, 0.4) is 0 Å². The van der Waals surface area contributed by atoms with E-state index in [2.05, 4.69) is 0 Å². The Morgan fingerprint density at radius 3 is 3.00 bits per heavy atom. The minimum Gasteiger partial charge on any atom is -0.463 e. The van der Waals surface area contributed by atoms with Gasteiger partial charge in [-0.05, 0) is 24.6 Å². The maximum Gasteiger partial charge on any atom is 0.337 e. The lowest BCUT2D eigenvalue weighted by Gasteiger charge is -2.26. The summed E-state index contributed by atoms with van der Waals surface area (Å²) in [6, 6.07) is 7.00. The van der Waals surface area contributed by atoms with E-state index in [0.29, 0.717) is 30.2 Å². The highest BCUT2D eigenvalue weighted by atomic mass is 35.5. The average molecular weight is 307 g/mol. The molecule has 0 aliphatic carbocycles. The predicted molar refractivity (Wildman–Crippen MR) is 77.1 cm³/mol. The molecular weight excluding hydrogens is 292 g/mol. The molecule has 2 aliphatic heterocycles. The quantitative estimate of drug-likeness (QED) is 0.804. The van der Waals surface area contributed by atoms with Gasteiger partial charge in [0.2, 0.25) is 5.91 Å². The number of carbonyl (C=O) groups excluding carboxylic acids is 2. The number of nitrogens with zero attached hydrogens (tertiary/aromatic N) is 2. The second-order valence-corrected chi connectivity index (χ2v) is 5.35. The molecule has 2 heterocycles. The van der Waals surface area contributed by atoms with Crippen molar-refractivity contribution in [3.05, 3.63) is 46.6 Å². The first kappa shape index (κ1) is 14.1. The molecule has 0 bridgehead atoms. The molecule has 110 valence electrons. The van der Waals surface area contributed by atoms with Gasteiger partial charge in [-0.1, -0.05) is 23.7 Å². The molecule has 0 aromatic heterocycles. The van der Waals surface area contributed by atoms with Gasteiger partial charge in [0.15, 0.2) is 0 Å². The van der Waals surface area contributed by atoms with E-state index in [-0.39, 0.29) is 11.9 Å². The Morgan fingerprint density at radius 2 is 2.29 bits per heavy atom. The van der Waals surface area contributed by atoms with Crippen molar-refractivity contribution in [3.8, 4) is 0 Å². The smallest absolute Gasteiger partial charge is 0.337 e. The molecule has 0 saturated carbocycles. The Balaban J connectivity index is 2.01. The largest absolute Gasteiger partial charge is 0.463 e. The molecule has 0 spiro atoms. The summed E-state index contributed by atoms with van der Waals surface area (Å²) < 4.78 is 5.10. The van der Waals surface area contributed by atoms with Crippen molar-refractivity contribution in [1.82, 2.24) is 10.0 Å². The molecule has 0 radical (unpaired) electrons. The number of rotatable bonds is 3. The lowest BCUT2D eigenvalue weighted by atomic mass is 9.99. The van der Waals surface area contributed by atoms with Gasteiger partial charge in [0.05, 0.1) is 18.2 Å². The summed E-state index contributed by atoms with van der Waals surface area (Å²) in [4.78, 5) is 24.1. The van der Waals surface area contributed by atoms with Gasteiger partial charge in [-0.25, -0.2) is 14.8 Å². The van der Waals surface area contributed by atoms with E-state index < -0.39 is 5.97 Å². The Kier molecular flexibility index (Phi) is 3.69. The Labute approximate surface area is 127 Å². The lowest BCUT2D eigenvalue weighted by molar-refractivity contribution is -0.139. The van der Waals surface area contributed by atoms with Crippen LogP contribution in [0.4, 0.5) is 0 Å². The van der Waals surface area contributed by atoms with E-state index in [1.807, 2.05) is 23.2 Å². The van der Waals surface area contributed by atoms with Gasteiger partial charge in [0.1, 0.15) is 0 Å². The number of carbonyl (C=O) groups is 2. The summed E-state index contributed by atoms with van der Waals surface area (Å²) in [7, 11) is 0. The monoisotopic (exact) mass is 306 g/mol. The van der Waals surface area contributed by atoms with Crippen LogP contribution in [0.1, 0.15) is 24.9 Å². The fourth-order valence-corrected chi connectivity index (χ4v) is 2.94. The average Bonchev–Trinajstić information content (AvgIpc) is 2.99. The zero-order chi connectivity index (χ0) is 15.0. The molecular formula is C15H15ClN2O3. The summed E-state index contributed by atoms with van der Waals surface area (Å²) in [5.74, 6) is -0.411. The summed E-state index contributed by atoms with van der Waals surface area (Å²) in [6.07, 6.45) is 2.03. The molecule has 1 fully saturated rings. The van der Waals surface area contributed by atoms with Gasteiger partial charge in [0.25, 0.3) is 0 Å². The summed E-state index contributed by atoms with van der Waals surface area (Å²) in [5, 5.41) is 3.98. The number of hydrogen-bond acceptors (Lipinski definition) is 4. The number of esters is 1. The minimum absolute atomic E-state index is 0.0127. The van der Waals surface area contributed by atoms with Gasteiger partial charge in [-0.2, -0.15) is 0 Å². The van der Waals surface area contributed by atoms with Crippen LogP contribution >= 0.6 is 11.6 Å². The summed E-state index contributed by atoms with van der Waals surface area (Å²) >= 11 is 6.05. The third-order valence-electron chi connectivity index (χ3n) is 3.62. The van der Waals surface area contributed by atoms with Gasteiger partial charge >= 0.3 is 5.97 Å². The maximum absolute atomic E-state index is 12.2. The molecule has 1 aromatic rings. The zero-order valence-corrected chi connectivity index (χ0v) is 12.3. The van der Waals surface area contributed by atoms with E-state index in [4.69, 9.17) is 16.3 Å². The van der Waals surface area contributed by atoms with E-state index in [1.165, 1.54) is 5.01 Å². The maximum atomic E-state index is 12.2. The highest BCUT2D eigenvalue weighted by Crippen LogP contribution is 2.40. The zero-order valence-electron chi connectivity index (χ0n) is 11.6. The third kappa shape index (κ3) is 2.43. The van der Waals surface area contributed by atoms with Crippen molar-refractivity contribution in [2.45, 2.75) is 19.4 Å². The van der Waals surface area contributed by atoms with Crippen molar-refractivity contribution in [3.63, 3.8) is 0 Å². The molecule has 5 nitrogen and oxygen atoms in total. The number of fused-ring (bicyclic) bond motifs is 1. The molecule has 1 aromatic carbocycles. The van der Waals surface area contributed by atoms with Crippen LogP contribution in [-0.2, 0) is 14.3 Å². The van der Waals surface area contributed by atoms with Gasteiger partial charge < -0.3 is 4.74 Å². The van der Waals surface area contributed by atoms with E-state index in [1.54, 1.807) is 19.2 Å². The molecule has 0 N–H and O–H groups in total. The van der Waals surface area contributed by atoms with Crippen LogP contribution in [0.25, 0.3) is 0 Å². The molecule has 21 heavy (non-hydrogen) atoms. The van der Waals surface area contributed by atoms with Crippen molar-refractivity contribution in [1.29, 1.82) is 0 Å². The van der Waals surface area contributed by atoms with Crippen LogP contribution in [0.2, 0.25) is 5.02 Å². The molecule has 6 heteroatoms. The summed E-state index contributed by atoms with van der Waals surface area (Å²) in [5.41, 5.74) is 1.34. The van der Waals surface area contributed by atoms with Crippen LogP contribution < -0.4 is 0 Å². The highest BCUT2D eigenvalue weighted by molar-refractivity contribution is 6.30. The minimum atomic E-state index is -0.398. The fourth-order valence-electron chi connectivity index (χ4n) is 2.75. The van der Waals surface area contributed by atoms with Crippen LogP contribution in [0.5, 0.6) is 0 Å². The number of halogens is 1. The second-order valence-electron chi connectivity index (χ2n) is 4.91. The van der Waals surface area contributed by atoms with Gasteiger partial charge in [-0.15, -0.1) is 0 Å². The SMILES string of the molecule is CCOC(=O)C1=CN2C(=O)CCN2[C@@H]1c1cccc(Cl)c1. The molecule has 3 rings (SSSR count). The Bertz CT molecular complexity index is 629. The molecule has 2 aliphatic rings. The van der Waals surface area contributed by atoms with Crippen molar-refractivity contribution < 1.29 is 14.3 Å². The Hall–Kier alpha value is -1.85. The van der Waals surface area contributed by atoms with Gasteiger partial charge in [0, 0.05) is 24.2 Å². The number of amides is 1.